The molecular weight excluding hydrogens is 390 g/mol. The van der Waals surface area contributed by atoms with Gasteiger partial charge in [-0.25, -0.2) is 13.2 Å². The average Bonchev–Trinajstić information content (AvgIpc) is 3.07. The zero-order chi connectivity index (χ0) is 19.4. The minimum atomic E-state index is -3.73. The molecule has 3 rings (SSSR count). The largest absolute Gasteiger partial charge is 0.383 e. The van der Waals surface area contributed by atoms with Gasteiger partial charge in [-0.05, 0) is 54.4 Å². The topological polar surface area (TPSA) is 87.7 Å². The van der Waals surface area contributed by atoms with Crippen molar-refractivity contribution in [2.24, 2.45) is 0 Å². The number of benzene rings is 2. The van der Waals surface area contributed by atoms with E-state index in [1.807, 2.05) is 0 Å². The van der Waals surface area contributed by atoms with Crippen molar-refractivity contribution in [3.63, 3.8) is 0 Å². The predicted octanol–water partition coefficient (Wildman–Crippen LogP) is 2.86. The molecule has 0 atom stereocenters. The maximum Gasteiger partial charge on any atom is 0.321 e. The number of halogens is 1. The van der Waals surface area contributed by atoms with Gasteiger partial charge >= 0.3 is 6.03 Å². The molecule has 0 saturated heterocycles. The van der Waals surface area contributed by atoms with Crippen LogP contribution in [0.2, 0.25) is 5.02 Å². The first-order chi connectivity index (χ1) is 12.9. The summed E-state index contributed by atoms with van der Waals surface area (Å²) in [6.07, 6.45) is 0.595. The molecule has 27 heavy (non-hydrogen) atoms. The molecule has 0 bridgehead atoms. The van der Waals surface area contributed by atoms with E-state index in [0.29, 0.717) is 36.8 Å². The summed E-state index contributed by atoms with van der Waals surface area (Å²) >= 11 is 5.82. The van der Waals surface area contributed by atoms with Gasteiger partial charge in [0.1, 0.15) is 0 Å². The first-order valence-corrected chi connectivity index (χ1v) is 10.2. The molecule has 2 N–H and O–H groups in total. The highest BCUT2D eigenvalue weighted by Gasteiger charge is 2.26. The van der Waals surface area contributed by atoms with Crippen LogP contribution in [0.25, 0.3) is 0 Å². The van der Waals surface area contributed by atoms with E-state index >= 15 is 0 Å². The maximum atomic E-state index is 12.6. The molecule has 9 heteroatoms. The smallest absolute Gasteiger partial charge is 0.321 e. The first-order valence-electron chi connectivity index (χ1n) is 8.36. The number of carbonyl (C=O) groups is 1. The SMILES string of the molecule is COCCNC(=O)N1CCc2cc(S(=O)(=O)Nc3ccc(Cl)cc3)ccc21. The average molecular weight is 410 g/mol. The van der Waals surface area contributed by atoms with Crippen LogP contribution in [0.1, 0.15) is 5.56 Å². The summed E-state index contributed by atoms with van der Waals surface area (Å²) in [5.74, 6) is 0. The zero-order valence-electron chi connectivity index (χ0n) is 14.7. The van der Waals surface area contributed by atoms with Crippen LogP contribution in [0.3, 0.4) is 0 Å². The van der Waals surface area contributed by atoms with Crippen molar-refractivity contribution in [2.75, 3.05) is 36.4 Å². The number of methoxy groups -OCH3 is 1. The number of sulfonamides is 1. The van der Waals surface area contributed by atoms with Crippen molar-refractivity contribution in [2.45, 2.75) is 11.3 Å². The summed E-state index contributed by atoms with van der Waals surface area (Å²) in [5, 5.41) is 3.30. The lowest BCUT2D eigenvalue weighted by Gasteiger charge is -2.18. The summed E-state index contributed by atoms with van der Waals surface area (Å²) < 4.78 is 32.7. The standard InChI is InChI=1S/C18H20ClN3O4S/c1-26-11-9-20-18(23)22-10-8-13-12-16(6-7-17(13)22)27(24,25)21-15-4-2-14(19)3-5-15/h2-7,12,21H,8-11H2,1H3,(H,20,23). The minimum Gasteiger partial charge on any atom is -0.383 e. The highest BCUT2D eigenvalue weighted by Crippen LogP contribution is 2.31. The Labute approximate surface area is 163 Å². The Balaban J connectivity index is 1.76. The second-order valence-corrected chi connectivity index (χ2v) is 8.15. The number of nitrogens with one attached hydrogen (secondary N) is 2. The Bertz CT molecular complexity index is 932. The van der Waals surface area contributed by atoms with Gasteiger partial charge in [0.2, 0.25) is 0 Å². The molecule has 1 heterocycles. The van der Waals surface area contributed by atoms with Gasteiger partial charge in [0, 0.05) is 36.6 Å². The van der Waals surface area contributed by atoms with Gasteiger partial charge in [0.15, 0.2) is 0 Å². The van der Waals surface area contributed by atoms with E-state index in [4.69, 9.17) is 16.3 Å². The number of urea groups is 1. The molecule has 1 aliphatic heterocycles. The number of hydrogen-bond donors (Lipinski definition) is 2. The Kier molecular flexibility index (Phi) is 5.88. The fourth-order valence-electron chi connectivity index (χ4n) is 2.84. The Hall–Kier alpha value is -2.29. The van der Waals surface area contributed by atoms with Gasteiger partial charge in [-0.3, -0.25) is 9.62 Å². The molecule has 2 amide bonds. The van der Waals surface area contributed by atoms with Crippen molar-refractivity contribution in [1.82, 2.24) is 5.32 Å². The number of fused-ring (bicyclic) bond motifs is 1. The number of amides is 2. The van der Waals surface area contributed by atoms with Crippen molar-refractivity contribution >= 4 is 39.0 Å². The summed E-state index contributed by atoms with van der Waals surface area (Å²) in [4.78, 5) is 14.0. The molecule has 0 aromatic heterocycles. The molecule has 0 fully saturated rings. The van der Waals surface area contributed by atoms with E-state index in [1.165, 1.54) is 6.07 Å². The van der Waals surface area contributed by atoms with Crippen LogP contribution in [0, 0.1) is 0 Å². The number of anilines is 2. The van der Waals surface area contributed by atoms with Crippen LogP contribution in [-0.2, 0) is 21.2 Å². The van der Waals surface area contributed by atoms with Crippen LogP contribution in [-0.4, -0.2) is 41.3 Å². The van der Waals surface area contributed by atoms with Crippen LogP contribution in [0.4, 0.5) is 16.2 Å². The van der Waals surface area contributed by atoms with Gasteiger partial charge < -0.3 is 10.1 Å². The van der Waals surface area contributed by atoms with E-state index in [0.717, 1.165) is 11.3 Å². The Morgan fingerprint density at radius 2 is 1.96 bits per heavy atom. The van der Waals surface area contributed by atoms with Crippen LogP contribution < -0.4 is 14.9 Å². The number of rotatable bonds is 6. The highest BCUT2D eigenvalue weighted by molar-refractivity contribution is 7.92. The van der Waals surface area contributed by atoms with E-state index in [9.17, 15) is 13.2 Å². The van der Waals surface area contributed by atoms with Crippen LogP contribution in [0.5, 0.6) is 0 Å². The lowest BCUT2D eigenvalue weighted by Crippen LogP contribution is -2.40. The number of nitrogens with zero attached hydrogens (tertiary/aromatic N) is 1. The second kappa shape index (κ2) is 8.16. The highest BCUT2D eigenvalue weighted by atomic mass is 35.5. The van der Waals surface area contributed by atoms with E-state index in [-0.39, 0.29) is 10.9 Å². The third kappa shape index (κ3) is 4.52. The minimum absolute atomic E-state index is 0.151. The van der Waals surface area contributed by atoms with Gasteiger partial charge in [0.05, 0.1) is 11.5 Å². The maximum absolute atomic E-state index is 12.6. The van der Waals surface area contributed by atoms with Crippen LogP contribution in [0.15, 0.2) is 47.4 Å². The molecule has 0 radical (unpaired) electrons. The monoisotopic (exact) mass is 409 g/mol. The molecule has 0 unspecified atom stereocenters. The lowest BCUT2D eigenvalue weighted by molar-refractivity contribution is 0.197. The third-order valence-corrected chi connectivity index (χ3v) is 5.81. The lowest BCUT2D eigenvalue weighted by atomic mass is 10.2. The molecule has 7 nitrogen and oxygen atoms in total. The quantitative estimate of drug-likeness (QED) is 0.718. The van der Waals surface area contributed by atoms with E-state index in [2.05, 4.69) is 10.0 Å². The van der Waals surface area contributed by atoms with Crippen molar-refractivity contribution < 1.29 is 17.9 Å². The van der Waals surface area contributed by atoms with E-state index in [1.54, 1.807) is 48.4 Å². The first kappa shape index (κ1) is 19.5. The molecule has 2 aromatic rings. The summed E-state index contributed by atoms with van der Waals surface area (Å²) in [6, 6.07) is 11.0. The fourth-order valence-corrected chi connectivity index (χ4v) is 4.08. The normalized spacial score (nSPS) is 13.3. The van der Waals surface area contributed by atoms with Crippen molar-refractivity contribution in [3.05, 3.63) is 53.1 Å². The Morgan fingerprint density at radius 1 is 1.22 bits per heavy atom. The van der Waals surface area contributed by atoms with Gasteiger partial charge in [0.25, 0.3) is 10.0 Å². The molecule has 144 valence electrons. The molecule has 1 aliphatic rings. The summed E-state index contributed by atoms with van der Waals surface area (Å²) in [7, 11) is -2.16. The summed E-state index contributed by atoms with van der Waals surface area (Å²) in [6.45, 7) is 1.35. The number of carbonyl (C=O) groups excluding carboxylic acids is 1. The fraction of sp³-hybridized carbons (Fsp3) is 0.278. The van der Waals surface area contributed by atoms with E-state index < -0.39 is 10.0 Å². The van der Waals surface area contributed by atoms with Crippen molar-refractivity contribution in [1.29, 1.82) is 0 Å². The van der Waals surface area contributed by atoms with Crippen molar-refractivity contribution in [3.8, 4) is 0 Å². The van der Waals surface area contributed by atoms with Gasteiger partial charge in [-0.15, -0.1) is 0 Å². The third-order valence-electron chi connectivity index (χ3n) is 4.18. The predicted molar refractivity (Wildman–Crippen MR) is 105 cm³/mol. The molecule has 0 spiro atoms. The Morgan fingerprint density at radius 3 is 2.67 bits per heavy atom. The second-order valence-electron chi connectivity index (χ2n) is 6.03. The number of hydrogen-bond acceptors (Lipinski definition) is 4. The van der Waals surface area contributed by atoms with Gasteiger partial charge in [-0.2, -0.15) is 0 Å². The van der Waals surface area contributed by atoms with Crippen LogP contribution >= 0.6 is 11.6 Å². The molecule has 0 aliphatic carbocycles. The van der Waals surface area contributed by atoms with Gasteiger partial charge in [-0.1, -0.05) is 11.6 Å². The molecule has 2 aromatic carbocycles. The molecule has 0 saturated carbocycles. The number of ether oxygens (including phenoxy) is 1. The zero-order valence-corrected chi connectivity index (χ0v) is 16.3. The molecular formula is C18H20ClN3O4S. The summed E-state index contributed by atoms with van der Waals surface area (Å²) in [5.41, 5.74) is 1.96.